The van der Waals surface area contributed by atoms with E-state index in [1.54, 1.807) is 12.1 Å². The van der Waals surface area contributed by atoms with E-state index in [1.807, 2.05) is 0 Å². The maximum absolute atomic E-state index is 12.4. The second-order valence-corrected chi connectivity index (χ2v) is 5.07. The van der Waals surface area contributed by atoms with Crippen LogP contribution in [0.2, 0.25) is 0 Å². The molecule has 0 spiro atoms. The number of hydrogen-bond donors (Lipinski definition) is 2. The summed E-state index contributed by atoms with van der Waals surface area (Å²) in [6, 6.07) is 3.95. The Bertz CT molecular complexity index is 524. The molecule has 0 bridgehead atoms. The van der Waals surface area contributed by atoms with Crippen LogP contribution in [0.15, 0.2) is 30.9 Å². The first-order valence-electron chi connectivity index (χ1n) is 7.05. The molecule has 0 aromatic heterocycles. The second-order valence-electron chi connectivity index (χ2n) is 5.07. The predicted octanol–water partition coefficient (Wildman–Crippen LogP) is 3.66. The van der Waals surface area contributed by atoms with E-state index in [0.717, 1.165) is 32.2 Å². The van der Waals surface area contributed by atoms with Crippen molar-refractivity contribution in [2.45, 2.75) is 18.8 Å². The van der Waals surface area contributed by atoms with E-state index in [2.05, 4.69) is 21.5 Å². The molecular weight excluding hydrogens is 368 g/mol. The lowest BCUT2D eigenvalue weighted by Crippen LogP contribution is -2.45. The van der Waals surface area contributed by atoms with Gasteiger partial charge in [-0.2, -0.15) is 0 Å². The van der Waals surface area contributed by atoms with Gasteiger partial charge in [-0.15, -0.1) is 44.6 Å². The summed E-state index contributed by atoms with van der Waals surface area (Å²) in [4.78, 5) is 2.12. The highest BCUT2D eigenvalue weighted by molar-refractivity contribution is 5.85. The summed E-state index contributed by atoms with van der Waals surface area (Å²) >= 11 is 0. The molecule has 1 aliphatic heterocycles. The van der Waals surface area contributed by atoms with Crippen LogP contribution in [-0.4, -0.2) is 42.5 Å². The van der Waals surface area contributed by atoms with Crippen LogP contribution < -0.4 is 10.1 Å². The van der Waals surface area contributed by atoms with Crippen LogP contribution in [-0.2, 0) is 0 Å². The molecule has 1 atom stereocenters. The summed E-state index contributed by atoms with van der Waals surface area (Å²) in [6.07, 6.45) is -2.61. The van der Waals surface area contributed by atoms with Gasteiger partial charge in [0.05, 0.1) is 0 Å². The van der Waals surface area contributed by atoms with Crippen molar-refractivity contribution in [3.8, 4) is 11.5 Å². The average Bonchev–Trinajstić information content (AvgIpc) is 2.47. The first-order valence-corrected chi connectivity index (χ1v) is 7.05. The van der Waals surface area contributed by atoms with E-state index in [4.69, 9.17) is 0 Å². The molecule has 0 aliphatic carbocycles. The van der Waals surface area contributed by atoms with E-state index in [9.17, 15) is 18.3 Å². The molecule has 1 fully saturated rings. The molecule has 2 N–H and O–H groups in total. The number of hydrogen-bond acceptors (Lipinski definition) is 4. The number of aromatic hydroxyl groups is 1. The number of ether oxygens (including phenoxy) is 1. The zero-order valence-electron chi connectivity index (χ0n) is 12.9. The van der Waals surface area contributed by atoms with Crippen molar-refractivity contribution in [1.82, 2.24) is 10.2 Å². The Kier molecular flexibility index (Phi) is 9.50. The Morgan fingerprint density at radius 2 is 1.92 bits per heavy atom. The summed E-state index contributed by atoms with van der Waals surface area (Å²) < 4.78 is 41.0. The van der Waals surface area contributed by atoms with Crippen LogP contribution in [0.1, 0.15) is 18.0 Å². The van der Waals surface area contributed by atoms with Gasteiger partial charge in [0.15, 0.2) is 11.5 Å². The van der Waals surface area contributed by atoms with Gasteiger partial charge in [0.2, 0.25) is 0 Å². The molecule has 4 nitrogen and oxygen atoms in total. The highest BCUT2D eigenvalue weighted by Gasteiger charge is 2.33. The lowest BCUT2D eigenvalue weighted by atomic mass is 9.99. The van der Waals surface area contributed by atoms with Crippen LogP contribution in [0.3, 0.4) is 0 Å². The van der Waals surface area contributed by atoms with Gasteiger partial charge in [-0.3, -0.25) is 4.90 Å². The normalized spacial score (nSPS) is 16.5. The number of piperazine rings is 1. The Labute approximate surface area is 151 Å². The number of nitrogens with zero attached hydrogens (tertiary/aromatic N) is 1. The number of alkyl halides is 3. The zero-order valence-corrected chi connectivity index (χ0v) is 14.5. The van der Waals surface area contributed by atoms with Crippen LogP contribution in [0.25, 0.3) is 0 Å². The Morgan fingerprint density at radius 3 is 2.46 bits per heavy atom. The molecule has 24 heavy (non-hydrogen) atoms. The SMILES string of the molecule is C=CC[C@H](c1cccc(OC(F)(F)F)c1O)N1CCNCC1.Cl.Cl. The number of benzene rings is 1. The quantitative estimate of drug-likeness (QED) is 0.755. The van der Waals surface area contributed by atoms with Gasteiger partial charge >= 0.3 is 6.36 Å². The predicted molar refractivity (Wildman–Crippen MR) is 91.3 cm³/mol. The Balaban J connectivity index is 0.00000264. The fraction of sp³-hybridized carbons (Fsp3) is 0.467. The third kappa shape index (κ3) is 6.05. The van der Waals surface area contributed by atoms with E-state index < -0.39 is 17.9 Å². The number of phenolic OH excluding ortho intramolecular Hbond substituents is 1. The van der Waals surface area contributed by atoms with Gasteiger partial charge in [0.1, 0.15) is 0 Å². The van der Waals surface area contributed by atoms with E-state index in [-0.39, 0.29) is 30.9 Å². The lowest BCUT2D eigenvalue weighted by molar-refractivity contribution is -0.275. The fourth-order valence-corrected chi connectivity index (χ4v) is 2.64. The summed E-state index contributed by atoms with van der Waals surface area (Å²) in [5.41, 5.74) is 0.420. The summed E-state index contributed by atoms with van der Waals surface area (Å²) in [5, 5.41) is 13.4. The molecule has 138 valence electrons. The van der Waals surface area contributed by atoms with E-state index in [0.29, 0.717) is 12.0 Å². The van der Waals surface area contributed by atoms with Crippen LogP contribution >= 0.6 is 24.8 Å². The molecule has 9 heteroatoms. The van der Waals surface area contributed by atoms with Crippen molar-refractivity contribution < 1.29 is 23.0 Å². The van der Waals surface area contributed by atoms with Gasteiger partial charge in [-0.1, -0.05) is 18.2 Å². The van der Waals surface area contributed by atoms with Gasteiger partial charge in [0, 0.05) is 37.8 Å². The maximum atomic E-state index is 12.4. The molecule has 0 unspecified atom stereocenters. The van der Waals surface area contributed by atoms with E-state index in [1.165, 1.54) is 6.07 Å². The Hall–Kier alpha value is -1.15. The first kappa shape index (κ1) is 22.9. The number of phenols is 1. The summed E-state index contributed by atoms with van der Waals surface area (Å²) in [5.74, 6) is -1.04. The molecule has 1 aromatic carbocycles. The lowest BCUT2D eigenvalue weighted by Gasteiger charge is -2.35. The highest BCUT2D eigenvalue weighted by Crippen LogP contribution is 2.39. The molecule has 1 heterocycles. The van der Waals surface area contributed by atoms with Crippen molar-refractivity contribution in [3.63, 3.8) is 0 Å². The van der Waals surface area contributed by atoms with E-state index >= 15 is 0 Å². The van der Waals surface area contributed by atoms with Crippen molar-refractivity contribution in [2.24, 2.45) is 0 Å². The van der Waals surface area contributed by atoms with Crippen molar-refractivity contribution in [2.75, 3.05) is 26.2 Å². The van der Waals surface area contributed by atoms with Crippen molar-refractivity contribution in [1.29, 1.82) is 0 Å². The van der Waals surface area contributed by atoms with Gasteiger partial charge in [0.25, 0.3) is 0 Å². The zero-order chi connectivity index (χ0) is 16.2. The van der Waals surface area contributed by atoms with Crippen LogP contribution in [0, 0.1) is 0 Å². The van der Waals surface area contributed by atoms with Gasteiger partial charge in [-0.25, -0.2) is 0 Å². The molecule has 0 radical (unpaired) electrons. The van der Waals surface area contributed by atoms with Crippen molar-refractivity contribution >= 4 is 24.8 Å². The average molecular weight is 389 g/mol. The minimum absolute atomic E-state index is 0. The smallest absolute Gasteiger partial charge is 0.504 e. The highest BCUT2D eigenvalue weighted by atomic mass is 35.5. The first-order chi connectivity index (χ1) is 10.4. The molecule has 1 aromatic rings. The monoisotopic (exact) mass is 388 g/mol. The topological polar surface area (TPSA) is 44.7 Å². The number of halogens is 5. The molecule has 1 aliphatic rings. The number of para-hydroxylation sites is 1. The molecule has 0 amide bonds. The van der Waals surface area contributed by atoms with Crippen LogP contribution in [0.4, 0.5) is 13.2 Å². The fourth-order valence-electron chi connectivity index (χ4n) is 2.64. The molecular formula is C15H21Cl2F3N2O2. The summed E-state index contributed by atoms with van der Waals surface area (Å²) in [7, 11) is 0. The minimum Gasteiger partial charge on any atom is -0.504 e. The maximum Gasteiger partial charge on any atom is 0.573 e. The second kappa shape index (κ2) is 9.98. The third-order valence-electron chi connectivity index (χ3n) is 3.60. The summed E-state index contributed by atoms with van der Waals surface area (Å²) in [6.45, 7) is 6.80. The molecule has 2 rings (SSSR count). The Morgan fingerprint density at radius 1 is 1.29 bits per heavy atom. The van der Waals surface area contributed by atoms with Gasteiger partial charge in [-0.05, 0) is 12.5 Å². The molecule has 1 saturated heterocycles. The number of rotatable bonds is 5. The van der Waals surface area contributed by atoms with Crippen LogP contribution in [0.5, 0.6) is 11.5 Å². The largest absolute Gasteiger partial charge is 0.573 e. The van der Waals surface area contributed by atoms with Crippen molar-refractivity contribution in [3.05, 3.63) is 36.4 Å². The minimum atomic E-state index is -4.83. The third-order valence-corrected chi connectivity index (χ3v) is 3.60. The molecule has 0 saturated carbocycles. The standard InChI is InChI=1S/C15H19F3N2O2.2ClH/c1-2-4-12(20-9-7-19-8-10-20)11-5-3-6-13(14(11)21)22-15(16,17)18;;/h2-3,5-6,12,19,21H,1,4,7-10H2;2*1H/t12-;;/m1../s1. The number of nitrogens with one attached hydrogen (secondary N) is 1. The van der Waals surface area contributed by atoms with Gasteiger partial charge < -0.3 is 15.2 Å².